The van der Waals surface area contributed by atoms with Crippen LogP contribution in [0.15, 0.2) is 24.3 Å². The minimum absolute atomic E-state index is 0.355. The molecule has 1 atom stereocenters. The SMILES string of the molecule is C[P@@](=O)(Cl)Cc1ccccc1Cl. The Hall–Kier alpha value is 0.0300. The minimum Gasteiger partial charge on any atom is -0.307 e. The number of rotatable bonds is 2. The van der Waals surface area contributed by atoms with Crippen molar-refractivity contribution in [2.75, 3.05) is 6.66 Å². The highest BCUT2D eigenvalue weighted by Crippen LogP contribution is 2.50. The lowest BCUT2D eigenvalue weighted by Gasteiger charge is -2.05. The summed E-state index contributed by atoms with van der Waals surface area (Å²) < 4.78 is 11.2. The molecule has 1 nitrogen and oxygen atoms in total. The Morgan fingerprint density at radius 2 is 2.00 bits per heavy atom. The Kier molecular flexibility index (Phi) is 3.22. The van der Waals surface area contributed by atoms with E-state index in [1.165, 1.54) is 6.66 Å². The van der Waals surface area contributed by atoms with Gasteiger partial charge in [0.1, 0.15) is 0 Å². The van der Waals surface area contributed by atoms with Gasteiger partial charge in [-0.1, -0.05) is 41.0 Å². The quantitative estimate of drug-likeness (QED) is 0.692. The van der Waals surface area contributed by atoms with E-state index in [1.807, 2.05) is 18.2 Å². The molecule has 0 unspecified atom stereocenters. The van der Waals surface area contributed by atoms with Crippen molar-refractivity contribution in [3.8, 4) is 0 Å². The van der Waals surface area contributed by atoms with Gasteiger partial charge in [0, 0.05) is 17.8 Å². The summed E-state index contributed by atoms with van der Waals surface area (Å²) in [5.41, 5.74) is 0.847. The molecule has 1 rings (SSSR count). The standard InChI is InChI=1S/C8H9Cl2OP/c1-12(10,11)6-7-4-2-3-5-8(7)9/h2-5H,6H2,1H3/t12-/m0/s1. The van der Waals surface area contributed by atoms with E-state index in [0.29, 0.717) is 11.2 Å². The fourth-order valence-electron chi connectivity index (χ4n) is 0.931. The monoisotopic (exact) mass is 222 g/mol. The second kappa shape index (κ2) is 3.83. The van der Waals surface area contributed by atoms with Crippen molar-refractivity contribution < 1.29 is 4.57 Å². The number of benzene rings is 1. The van der Waals surface area contributed by atoms with Crippen molar-refractivity contribution in [3.05, 3.63) is 34.9 Å². The van der Waals surface area contributed by atoms with Crippen LogP contribution in [0.2, 0.25) is 5.02 Å². The summed E-state index contributed by atoms with van der Waals surface area (Å²) in [7, 11) is 0. The van der Waals surface area contributed by atoms with Crippen LogP contribution in [-0.4, -0.2) is 6.66 Å². The summed E-state index contributed by atoms with van der Waals surface area (Å²) in [5, 5.41) is 0.625. The van der Waals surface area contributed by atoms with Gasteiger partial charge in [-0.3, -0.25) is 0 Å². The highest BCUT2D eigenvalue weighted by Gasteiger charge is 2.12. The number of hydrogen-bond donors (Lipinski definition) is 0. The van der Waals surface area contributed by atoms with Crippen LogP contribution in [0.1, 0.15) is 5.56 Å². The molecular formula is C8H9Cl2OP. The lowest BCUT2D eigenvalue weighted by molar-refractivity contribution is 0.587. The molecule has 0 amide bonds. The molecular weight excluding hydrogens is 214 g/mol. The molecule has 0 heterocycles. The van der Waals surface area contributed by atoms with E-state index in [2.05, 4.69) is 0 Å². The van der Waals surface area contributed by atoms with Crippen LogP contribution in [0.3, 0.4) is 0 Å². The van der Waals surface area contributed by atoms with Crippen LogP contribution in [0.25, 0.3) is 0 Å². The molecule has 0 bridgehead atoms. The molecule has 0 saturated carbocycles. The topological polar surface area (TPSA) is 17.1 Å². The van der Waals surface area contributed by atoms with Crippen LogP contribution in [-0.2, 0) is 10.7 Å². The van der Waals surface area contributed by atoms with Crippen LogP contribution in [0, 0.1) is 0 Å². The predicted molar refractivity (Wildman–Crippen MR) is 54.5 cm³/mol. The second-order valence-electron chi connectivity index (χ2n) is 2.73. The molecule has 0 saturated heterocycles. The Morgan fingerprint density at radius 1 is 1.42 bits per heavy atom. The van der Waals surface area contributed by atoms with Crippen molar-refractivity contribution >= 4 is 29.3 Å². The third-order valence-electron chi connectivity index (χ3n) is 1.41. The Balaban J connectivity index is 2.90. The Labute approximate surface area is 81.8 Å². The van der Waals surface area contributed by atoms with Crippen molar-refractivity contribution in [1.82, 2.24) is 0 Å². The van der Waals surface area contributed by atoms with E-state index < -0.39 is 6.49 Å². The molecule has 1 aromatic carbocycles. The van der Waals surface area contributed by atoms with Crippen molar-refractivity contribution in [2.45, 2.75) is 6.16 Å². The van der Waals surface area contributed by atoms with Gasteiger partial charge in [-0.05, 0) is 11.6 Å². The van der Waals surface area contributed by atoms with Crippen LogP contribution in [0.4, 0.5) is 0 Å². The smallest absolute Gasteiger partial charge is 0.170 e. The lowest BCUT2D eigenvalue weighted by Crippen LogP contribution is -1.83. The zero-order valence-corrected chi connectivity index (χ0v) is 9.03. The molecule has 0 N–H and O–H groups in total. The van der Waals surface area contributed by atoms with Gasteiger partial charge in [0.2, 0.25) is 0 Å². The molecule has 0 spiro atoms. The van der Waals surface area contributed by atoms with Gasteiger partial charge in [0.25, 0.3) is 0 Å². The van der Waals surface area contributed by atoms with E-state index in [-0.39, 0.29) is 0 Å². The van der Waals surface area contributed by atoms with Crippen molar-refractivity contribution in [1.29, 1.82) is 0 Å². The van der Waals surface area contributed by atoms with Crippen LogP contribution >= 0.6 is 29.3 Å². The maximum Gasteiger partial charge on any atom is 0.170 e. The van der Waals surface area contributed by atoms with Gasteiger partial charge >= 0.3 is 0 Å². The highest BCUT2D eigenvalue weighted by molar-refractivity contribution is 7.87. The fourth-order valence-corrected chi connectivity index (χ4v) is 2.50. The molecule has 66 valence electrons. The second-order valence-corrected chi connectivity index (χ2v) is 7.57. The first-order valence-corrected chi connectivity index (χ1v) is 7.11. The summed E-state index contributed by atoms with van der Waals surface area (Å²) >= 11 is 11.5. The largest absolute Gasteiger partial charge is 0.307 e. The molecule has 0 aliphatic rings. The molecule has 0 aromatic heterocycles. The van der Waals surface area contributed by atoms with E-state index >= 15 is 0 Å². The average molecular weight is 223 g/mol. The average Bonchev–Trinajstić information content (AvgIpc) is 1.91. The summed E-state index contributed by atoms with van der Waals surface area (Å²) in [5.74, 6) is 0. The van der Waals surface area contributed by atoms with Gasteiger partial charge < -0.3 is 4.57 Å². The number of hydrogen-bond acceptors (Lipinski definition) is 1. The van der Waals surface area contributed by atoms with E-state index in [1.54, 1.807) is 6.07 Å². The summed E-state index contributed by atoms with van der Waals surface area (Å²) in [6.07, 6.45) is 0.355. The molecule has 1 aromatic rings. The first-order chi connectivity index (χ1) is 5.49. The molecule has 0 aliphatic carbocycles. The summed E-state index contributed by atoms with van der Waals surface area (Å²) in [4.78, 5) is 0. The predicted octanol–water partition coefficient (Wildman–Crippen LogP) is 3.99. The van der Waals surface area contributed by atoms with Crippen LogP contribution < -0.4 is 0 Å². The molecule has 0 radical (unpaired) electrons. The molecule has 4 heteroatoms. The normalized spacial score (nSPS) is 15.6. The van der Waals surface area contributed by atoms with Gasteiger partial charge in [-0.15, -0.1) is 0 Å². The molecule has 12 heavy (non-hydrogen) atoms. The highest BCUT2D eigenvalue weighted by atomic mass is 35.7. The zero-order chi connectivity index (χ0) is 9.19. The van der Waals surface area contributed by atoms with Crippen molar-refractivity contribution in [3.63, 3.8) is 0 Å². The molecule has 0 aliphatic heterocycles. The first kappa shape index (κ1) is 10.1. The third kappa shape index (κ3) is 3.18. The van der Waals surface area contributed by atoms with E-state index in [9.17, 15) is 4.57 Å². The fraction of sp³-hybridized carbons (Fsp3) is 0.250. The van der Waals surface area contributed by atoms with Gasteiger partial charge in [-0.25, -0.2) is 0 Å². The van der Waals surface area contributed by atoms with Crippen molar-refractivity contribution in [2.24, 2.45) is 0 Å². The van der Waals surface area contributed by atoms with E-state index in [0.717, 1.165) is 5.56 Å². The lowest BCUT2D eigenvalue weighted by atomic mass is 10.2. The molecule has 0 fully saturated rings. The summed E-state index contributed by atoms with van der Waals surface area (Å²) in [6.45, 7) is -0.987. The maximum atomic E-state index is 11.2. The maximum absolute atomic E-state index is 11.2. The first-order valence-electron chi connectivity index (χ1n) is 3.48. The van der Waals surface area contributed by atoms with Gasteiger partial charge in [0.05, 0.1) is 0 Å². The van der Waals surface area contributed by atoms with Crippen LogP contribution in [0.5, 0.6) is 0 Å². The Bertz CT molecular complexity index is 319. The van der Waals surface area contributed by atoms with E-state index in [4.69, 9.17) is 22.8 Å². The Morgan fingerprint density at radius 3 is 2.50 bits per heavy atom. The number of halogens is 2. The zero-order valence-electron chi connectivity index (χ0n) is 6.63. The minimum atomic E-state index is -2.53. The summed E-state index contributed by atoms with van der Waals surface area (Å²) in [6, 6.07) is 7.29. The van der Waals surface area contributed by atoms with Gasteiger partial charge in [-0.2, -0.15) is 0 Å². The van der Waals surface area contributed by atoms with Gasteiger partial charge in [0.15, 0.2) is 6.49 Å². The third-order valence-corrected chi connectivity index (χ3v) is 3.04.